The van der Waals surface area contributed by atoms with E-state index in [0.29, 0.717) is 25.2 Å². The lowest BCUT2D eigenvalue weighted by atomic mass is 9.84. The Kier molecular flexibility index (Phi) is 10.2. The van der Waals surface area contributed by atoms with Crippen LogP contribution in [0.4, 0.5) is 0 Å². The number of carbonyl (C=O) groups excluding carboxylic acids is 2. The minimum Gasteiger partial charge on any atom is -0.462 e. The molecule has 10 nitrogen and oxygen atoms in total. The Morgan fingerprint density at radius 1 is 1.16 bits per heavy atom. The number of aromatic nitrogens is 1. The molecule has 2 unspecified atom stereocenters. The Morgan fingerprint density at radius 2 is 1.91 bits per heavy atom. The van der Waals surface area contributed by atoms with Gasteiger partial charge in [-0.2, -0.15) is 0 Å². The van der Waals surface area contributed by atoms with E-state index in [9.17, 15) is 14.7 Å². The van der Waals surface area contributed by atoms with E-state index in [2.05, 4.69) is 4.98 Å². The van der Waals surface area contributed by atoms with Gasteiger partial charge in [0, 0.05) is 38.7 Å². The summed E-state index contributed by atoms with van der Waals surface area (Å²) < 4.78 is 34.7. The molecule has 1 N–H and O–H groups in total. The molecule has 11 atom stereocenters. The molecule has 45 heavy (non-hydrogen) atoms. The summed E-state index contributed by atoms with van der Waals surface area (Å²) in [5.74, 6) is -0.316. The Bertz CT molecular complexity index is 1360. The Labute approximate surface area is 265 Å². The van der Waals surface area contributed by atoms with Gasteiger partial charge in [0.2, 0.25) is 0 Å². The largest absolute Gasteiger partial charge is 0.462 e. The molecule has 10 heteroatoms. The van der Waals surface area contributed by atoms with Gasteiger partial charge in [-0.1, -0.05) is 44.2 Å². The number of cyclic esters (lactones) is 1. The maximum atomic E-state index is 13.4. The first kappa shape index (κ1) is 33.3. The second-order valence-electron chi connectivity index (χ2n) is 13.3. The van der Waals surface area contributed by atoms with Crippen molar-refractivity contribution in [1.82, 2.24) is 4.98 Å². The number of allylic oxidation sites excluding steroid dienone is 4. The fourth-order valence-electron chi connectivity index (χ4n) is 6.64. The molecule has 0 aliphatic carbocycles. The van der Waals surface area contributed by atoms with Crippen LogP contribution in [0.15, 0.2) is 52.2 Å². The molecule has 5 heterocycles. The van der Waals surface area contributed by atoms with Crippen LogP contribution >= 0.6 is 0 Å². The molecule has 0 spiro atoms. The third-order valence-corrected chi connectivity index (χ3v) is 9.63. The Hall–Kier alpha value is -3.05. The highest BCUT2D eigenvalue weighted by Gasteiger charge is 2.57. The van der Waals surface area contributed by atoms with E-state index in [1.807, 2.05) is 71.1 Å². The smallest absolute Gasteiger partial charge is 0.338 e. The van der Waals surface area contributed by atoms with Crippen molar-refractivity contribution in [3.63, 3.8) is 0 Å². The summed E-state index contributed by atoms with van der Waals surface area (Å²) in [6, 6.07) is 0. The number of aliphatic hydroxyl groups is 1. The van der Waals surface area contributed by atoms with Gasteiger partial charge < -0.3 is 33.2 Å². The molecule has 1 aromatic heterocycles. The van der Waals surface area contributed by atoms with Crippen molar-refractivity contribution in [3.8, 4) is 0 Å². The molecule has 3 fully saturated rings. The van der Waals surface area contributed by atoms with E-state index in [0.717, 1.165) is 16.8 Å². The van der Waals surface area contributed by atoms with E-state index in [1.54, 1.807) is 20.3 Å². The van der Waals surface area contributed by atoms with E-state index < -0.39 is 36.0 Å². The van der Waals surface area contributed by atoms with Crippen LogP contribution < -0.4 is 0 Å². The van der Waals surface area contributed by atoms with Crippen molar-refractivity contribution >= 4 is 18.0 Å². The molecule has 3 saturated heterocycles. The summed E-state index contributed by atoms with van der Waals surface area (Å²) in [6.07, 6.45) is 11.7. The number of oxazole rings is 1. The molecule has 0 amide bonds. The first-order valence-electron chi connectivity index (χ1n) is 16.0. The van der Waals surface area contributed by atoms with E-state index in [4.69, 9.17) is 28.1 Å². The van der Waals surface area contributed by atoms with Crippen LogP contribution in [0.2, 0.25) is 0 Å². The molecule has 246 valence electrons. The zero-order chi connectivity index (χ0) is 32.5. The number of epoxide rings is 2. The highest BCUT2D eigenvalue weighted by Crippen LogP contribution is 2.44. The third-order valence-electron chi connectivity index (χ3n) is 9.63. The van der Waals surface area contributed by atoms with Crippen molar-refractivity contribution in [2.24, 2.45) is 17.8 Å². The van der Waals surface area contributed by atoms with Crippen LogP contribution in [0.25, 0.3) is 6.08 Å². The minimum atomic E-state index is -0.905. The van der Waals surface area contributed by atoms with Crippen LogP contribution in [0.5, 0.6) is 0 Å². The Balaban J connectivity index is 1.33. The number of methoxy groups -OCH3 is 1. The summed E-state index contributed by atoms with van der Waals surface area (Å²) in [7, 11) is 1.63. The lowest BCUT2D eigenvalue weighted by Gasteiger charge is -2.33. The maximum absolute atomic E-state index is 13.4. The average Bonchev–Trinajstić information content (AvgIpc) is 3.86. The van der Waals surface area contributed by atoms with Gasteiger partial charge in [-0.25, -0.2) is 9.78 Å². The second kappa shape index (κ2) is 13.7. The van der Waals surface area contributed by atoms with E-state index in [1.165, 1.54) is 0 Å². The van der Waals surface area contributed by atoms with Crippen LogP contribution in [-0.4, -0.2) is 77.5 Å². The summed E-state index contributed by atoms with van der Waals surface area (Å²) in [5, 5.41) is 11.4. The SMILES string of the molecule is CO[C@@H](/C(C)=C/C=C/C(C)=C/c1coc(C)n1)[C@@H](C)[C@@H]1C[C@H](O)[C@]2(C)O[C@@H]2/C=C/C(C)C2C[C@H](CC(=O)O2)C[C@H]2O[C@H]2C(=O)O1. The van der Waals surface area contributed by atoms with Gasteiger partial charge in [-0.15, -0.1) is 0 Å². The predicted octanol–water partition coefficient (Wildman–Crippen LogP) is 5.05. The number of carbonyl (C=O) groups is 2. The first-order chi connectivity index (χ1) is 21.4. The molecular formula is C35H47NO9. The Morgan fingerprint density at radius 3 is 2.62 bits per heavy atom. The standard InChI is InChI=1S/C35H47NO9/c1-19(13-25-18-41-23(5)36-25)9-8-10-21(3)32(40-7)22(4)27-17-29(37)35(6)30(45-35)12-11-20(2)26-14-24(16-31(38)42-26)15-28-33(43-28)34(39)44-27/h8-13,18,20,22,24,26-30,32-33,37H,14-17H2,1-7H3/b9-8+,12-11+,19-13+,21-10+/t20?,22-,24-,26?,27-,28+,29-,30+,32-,33+,35-/m0/s1. The molecule has 0 radical (unpaired) electrons. The zero-order valence-corrected chi connectivity index (χ0v) is 27.3. The lowest BCUT2D eigenvalue weighted by Crippen LogP contribution is -2.42. The predicted molar refractivity (Wildman–Crippen MR) is 166 cm³/mol. The number of ether oxygens (including phenoxy) is 5. The quantitative estimate of drug-likeness (QED) is 0.190. The maximum Gasteiger partial charge on any atom is 0.338 e. The van der Waals surface area contributed by atoms with Crippen LogP contribution in [-0.2, 0) is 33.3 Å². The molecule has 1 aromatic rings. The van der Waals surface area contributed by atoms with Gasteiger partial charge >= 0.3 is 11.9 Å². The van der Waals surface area contributed by atoms with Gasteiger partial charge in [0.05, 0.1) is 18.3 Å². The zero-order valence-electron chi connectivity index (χ0n) is 27.3. The molecule has 0 aromatic carbocycles. The van der Waals surface area contributed by atoms with Gasteiger partial charge in [-0.05, 0) is 56.8 Å². The highest BCUT2D eigenvalue weighted by molar-refractivity contribution is 5.78. The van der Waals surface area contributed by atoms with E-state index >= 15 is 0 Å². The van der Waals surface area contributed by atoms with Crippen molar-refractivity contribution < 1.29 is 42.8 Å². The summed E-state index contributed by atoms with van der Waals surface area (Å²) in [4.78, 5) is 30.1. The average molecular weight is 626 g/mol. The van der Waals surface area contributed by atoms with Crippen molar-refractivity contribution in [1.29, 1.82) is 0 Å². The minimum absolute atomic E-state index is 0.0130. The number of fused-ring (bicyclic) bond motifs is 4. The topological polar surface area (TPSA) is 133 Å². The molecular weight excluding hydrogens is 578 g/mol. The molecule has 2 bridgehead atoms. The summed E-state index contributed by atoms with van der Waals surface area (Å²) in [6.45, 7) is 11.6. The van der Waals surface area contributed by atoms with Crippen molar-refractivity contribution in [2.75, 3.05) is 7.11 Å². The molecule has 5 rings (SSSR count). The normalized spacial score (nSPS) is 38.0. The number of esters is 2. The highest BCUT2D eigenvalue weighted by atomic mass is 16.6. The monoisotopic (exact) mass is 625 g/mol. The van der Waals surface area contributed by atoms with Crippen LogP contribution in [0, 0.1) is 24.7 Å². The third kappa shape index (κ3) is 8.03. The number of nitrogens with zero attached hydrogens (tertiary/aromatic N) is 1. The van der Waals surface area contributed by atoms with Gasteiger partial charge in [-0.3, -0.25) is 4.79 Å². The summed E-state index contributed by atoms with van der Waals surface area (Å²) >= 11 is 0. The first-order valence-corrected chi connectivity index (χ1v) is 16.0. The van der Waals surface area contributed by atoms with Crippen molar-refractivity contribution in [3.05, 3.63) is 59.4 Å². The second-order valence-corrected chi connectivity index (χ2v) is 13.3. The van der Waals surface area contributed by atoms with Gasteiger partial charge in [0.1, 0.15) is 35.9 Å². The number of rotatable bonds is 7. The molecule has 0 saturated carbocycles. The number of aryl methyl sites for hydroxylation is 1. The lowest BCUT2D eigenvalue weighted by molar-refractivity contribution is -0.159. The molecule has 4 aliphatic heterocycles. The number of hydrogen-bond donors (Lipinski definition) is 1. The van der Waals surface area contributed by atoms with Crippen molar-refractivity contribution in [2.45, 2.75) is 116 Å². The fraction of sp³-hybridized carbons (Fsp3) is 0.629. The molecule has 4 aliphatic rings. The fourth-order valence-corrected chi connectivity index (χ4v) is 6.64. The van der Waals surface area contributed by atoms with Crippen LogP contribution in [0.1, 0.15) is 71.9 Å². The summed E-state index contributed by atoms with van der Waals surface area (Å²) in [5.41, 5.74) is 1.86. The van der Waals surface area contributed by atoms with E-state index in [-0.39, 0.29) is 48.5 Å². The number of aliphatic hydroxyl groups excluding tert-OH is 1. The number of hydrogen-bond acceptors (Lipinski definition) is 10. The van der Waals surface area contributed by atoms with Gasteiger partial charge in [0.15, 0.2) is 12.0 Å². The van der Waals surface area contributed by atoms with Crippen LogP contribution in [0.3, 0.4) is 0 Å². The van der Waals surface area contributed by atoms with Gasteiger partial charge in [0.25, 0.3) is 0 Å².